The molecule has 0 spiro atoms. The molecule has 0 aromatic heterocycles. The minimum absolute atomic E-state index is 0.169. The zero-order chi connectivity index (χ0) is 10.3. The van der Waals surface area contributed by atoms with Gasteiger partial charge < -0.3 is 10.5 Å². The van der Waals surface area contributed by atoms with Crippen LogP contribution in [0.3, 0.4) is 0 Å². The monoisotopic (exact) mass is 221 g/mol. The second kappa shape index (κ2) is 3.42. The largest absolute Gasteiger partial charge is 0.481 e. The lowest BCUT2D eigenvalue weighted by Crippen LogP contribution is -2.22. The Bertz CT molecular complexity index is 387. The minimum atomic E-state index is 0.169. The van der Waals surface area contributed by atoms with Gasteiger partial charge in [-0.2, -0.15) is 0 Å². The van der Waals surface area contributed by atoms with Crippen molar-refractivity contribution in [2.45, 2.75) is 36.1 Å². The lowest BCUT2D eigenvalue weighted by molar-refractivity contribution is 0.397. The number of nitrogens with two attached hydrogens (primary N) is 1. The van der Waals surface area contributed by atoms with Gasteiger partial charge in [0.1, 0.15) is 11.7 Å². The number of thioether (sulfide) groups is 1. The Kier molecular flexibility index (Phi) is 2.18. The first-order valence-electron chi connectivity index (χ1n) is 5.43. The van der Waals surface area contributed by atoms with E-state index in [2.05, 4.69) is 18.2 Å². The van der Waals surface area contributed by atoms with Gasteiger partial charge in [0.05, 0.1) is 4.90 Å². The van der Waals surface area contributed by atoms with Crippen LogP contribution in [0, 0.1) is 0 Å². The van der Waals surface area contributed by atoms with Crippen LogP contribution in [0.2, 0.25) is 0 Å². The predicted molar refractivity (Wildman–Crippen MR) is 62.3 cm³/mol. The highest BCUT2D eigenvalue weighted by Crippen LogP contribution is 2.39. The molecule has 1 aliphatic heterocycles. The maximum atomic E-state index is 6.08. The van der Waals surface area contributed by atoms with Crippen LogP contribution in [-0.4, -0.2) is 11.5 Å². The van der Waals surface area contributed by atoms with Crippen LogP contribution >= 0.6 is 11.8 Å². The normalized spacial score (nSPS) is 20.9. The van der Waals surface area contributed by atoms with E-state index >= 15 is 0 Å². The van der Waals surface area contributed by atoms with Gasteiger partial charge in [0, 0.05) is 5.54 Å². The highest BCUT2D eigenvalue weighted by molar-refractivity contribution is 7.99. The van der Waals surface area contributed by atoms with Gasteiger partial charge in [-0.3, -0.25) is 0 Å². The highest BCUT2D eigenvalue weighted by atomic mass is 32.2. The van der Waals surface area contributed by atoms with E-state index in [-0.39, 0.29) is 5.54 Å². The summed E-state index contributed by atoms with van der Waals surface area (Å²) in [7, 11) is 0. The summed E-state index contributed by atoms with van der Waals surface area (Å²) in [5.74, 6) is 1.80. The van der Waals surface area contributed by atoms with Gasteiger partial charge in [-0.25, -0.2) is 0 Å². The van der Waals surface area contributed by atoms with E-state index in [4.69, 9.17) is 10.5 Å². The number of fused-ring (bicyclic) bond motifs is 1. The molecule has 2 nitrogen and oxygen atoms in total. The Morgan fingerprint density at radius 1 is 1.40 bits per heavy atom. The first kappa shape index (κ1) is 9.55. The van der Waals surface area contributed by atoms with Crippen molar-refractivity contribution in [3.63, 3.8) is 0 Å². The Morgan fingerprint density at radius 2 is 2.27 bits per heavy atom. The van der Waals surface area contributed by atoms with E-state index in [0.29, 0.717) is 0 Å². The highest BCUT2D eigenvalue weighted by Gasteiger charge is 2.37. The molecule has 2 N–H and O–H groups in total. The molecule has 3 heteroatoms. The number of hydrogen-bond acceptors (Lipinski definition) is 3. The number of hydrogen-bond donors (Lipinski definition) is 1. The lowest BCUT2D eigenvalue weighted by Gasteiger charge is -2.08. The third-order valence-electron chi connectivity index (χ3n) is 3.24. The molecule has 3 rings (SSSR count). The topological polar surface area (TPSA) is 35.2 Å². The zero-order valence-corrected chi connectivity index (χ0v) is 9.48. The average molecular weight is 221 g/mol. The summed E-state index contributed by atoms with van der Waals surface area (Å²) in [5.41, 5.74) is 7.64. The Labute approximate surface area is 94.2 Å². The molecule has 0 saturated heterocycles. The Morgan fingerprint density at radius 3 is 3.07 bits per heavy atom. The van der Waals surface area contributed by atoms with E-state index in [1.165, 1.54) is 23.3 Å². The van der Waals surface area contributed by atoms with Crippen LogP contribution in [0.25, 0.3) is 0 Å². The second-order valence-electron chi connectivity index (χ2n) is 4.55. The van der Waals surface area contributed by atoms with Crippen LogP contribution in [0.4, 0.5) is 0 Å². The van der Waals surface area contributed by atoms with Crippen LogP contribution in [0.1, 0.15) is 24.8 Å². The molecule has 2 aliphatic rings. The third-order valence-corrected chi connectivity index (χ3v) is 4.11. The molecule has 1 fully saturated rings. The van der Waals surface area contributed by atoms with Gasteiger partial charge in [0.25, 0.3) is 0 Å². The number of ether oxygens (including phenoxy) is 1. The van der Waals surface area contributed by atoms with Crippen molar-refractivity contribution < 1.29 is 4.74 Å². The van der Waals surface area contributed by atoms with Crippen LogP contribution in [0.5, 0.6) is 5.75 Å². The van der Waals surface area contributed by atoms with Crippen molar-refractivity contribution in [3.8, 4) is 5.75 Å². The summed E-state index contributed by atoms with van der Waals surface area (Å²) in [6.45, 7) is 0. The molecular weight excluding hydrogens is 206 g/mol. The molecule has 1 aromatic rings. The molecule has 0 amide bonds. The fourth-order valence-corrected chi connectivity index (χ4v) is 2.72. The van der Waals surface area contributed by atoms with Gasteiger partial charge in [0.2, 0.25) is 0 Å². The van der Waals surface area contributed by atoms with Crippen LogP contribution in [0.15, 0.2) is 23.1 Å². The van der Waals surface area contributed by atoms with E-state index in [1.807, 2.05) is 0 Å². The number of aryl methyl sites for hydroxylation is 1. The number of rotatable bonds is 3. The first-order valence-corrected chi connectivity index (χ1v) is 6.41. The van der Waals surface area contributed by atoms with E-state index < -0.39 is 0 Å². The fraction of sp³-hybridized carbons (Fsp3) is 0.500. The summed E-state index contributed by atoms with van der Waals surface area (Å²) in [5, 5.41) is 0. The Balaban J connectivity index is 1.70. The molecule has 1 heterocycles. The molecule has 15 heavy (non-hydrogen) atoms. The molecule has 1 aliphatic carbocycles. The van der Waals surface area contributed by atoms with Crippen LogP contribution in [-0.2, 0) is 6.42 Å². The lowest BCUT2D eigenvalue weighted by atomic mass is 10.0. The molecule has 1 saturated carbocycles. The quantitative estimate of drug-likeness (QED) is 0.852. The van der Waals surface area contributed by atoms with E-state index in [0.717, 1.165) is 24.5 Å². The van der Waals surface area contributed by atoms with E-state index in [1.54, 1.807) is 11.8 Å². The van der Waals surface area contributed by atoms with Gasteiger partial charge in [0.15, 0.2) is 0 Å². The van der Waals surface area contributed by atoms with Crippen molar-refractivity contribution in [3.05, 3.63) is 23.8 Å². The van der Waals surface area contributed by atoms with Gasteiger partial charge in [-0.1, -0.05) is 17.8 Å². The van der Waals surface area contributed by atoms with Crippen molar-refractivity contribution >= 4 is 11.8 Å². The predicted octanol–water partition coefficient (Wildman–Crippen LogP) is 2.55. The maximum absolute atomic E-state index is 6.08. The standard InChI is InChI=1S/C12H15NOS/c13-12(5-6-12)4-3-9-1-2-10-11(7-9)15-8-14-10/h1-2,7H,3-6,8,13H2. The molecular formula is C12H15NOS. The smallest absolute Gasteiger partial charge is 0.138 e. The molecule has 0 bridgehead atoms. The average Bonchev–Trinajstić information content (AvgIpc) is 2.80. The SMILES string of the molecule is NC1(CCc2ccc3c(c2)SCO3)CC1. The second-order valence-corrected chi connectivity index (χ2v) is 5.51. The maximum Gasteiger partial charge on any atom is 0.138 e. The van der Waals surface area contributed by atoms with Gasteiger partial charge in [-0.05, 0) is 43.4 Å². The molecule has 80 valence electrons. The van der Waals surface area contributed by atoms with Gasteiger partial charge in [-0.15, -0.1) is 0 Å². The van der Waals surface area contributed by atoms with Crippen molar-refractivity contribution in [2.75, 3.05) is 5.94 Å². The Hall–Kier alpha value is -0.670. The minimum Gasteiger partial charge on any atom is -0.481 e. The summed E-state index contributed by atoms with van der Waals surface area (Å²) >= 11 is 1.78. The molecule has 0 atom stereocenters. The zero-order valence-electron chi connectivity index (χ0n) is 8.66. The van der Waals surface area contributed by atoms with Crippen molar-refractivity contribution in [1.82, 2.24) is 0 Å². The summed E-state index contributed by atoms with van der Waals surface area (Å²) in [6, 6.07) is 6.50. The molecule has 0 radical (unpaired) electrons. The first-order chi connectivity index (χ1) is 7.25. The third kappa shape index (κ3) is 1.99. The van der Waals surface area contributed by atoms with Crippen LogP contribution < -0.4 is 10.5 Å². The number of benzene rings is 1. The molecule has 1 aromatic carbocycles. The molecule has 0 unspecified atom stereocenters. The van der Waals surface area contributed by atoms with E-state index in [9.17, 15) is 0 Å². The summed E-state index contributed by atoms with van der Waals surface area (Å²) in [6.07, 6.45) is 4.63. The van der Waals surface area contributed by atoms with Gasteiger partial charge >= 0.3 is 0 Å². The summed E-state index contributed by atoms with van der Waals surface area (Å²) in [4.78, 5) is 1.29. The summed E-state index contributed by atoms with van der Waals surface area (Å²) < 4.78 is 5.45. The van der Waals surface area contributed by atoms with Crippen molar-refractivity contribution in [2.24, 2.45) is 5.73 Å². The van der Waals surface area contributed by atoms with Crippen molar-refractivity contribution in [1.29, 1.82) is 0 Å². The fourth-order valence-electron chi connectivity index (χ4n) is 1.90.